The van der Waals surface area contributed by atoms with Crippen molar-refractivity contribution in [1.82, 2.24) is 0 Å². The maximum absolute atomic E-state index is 11.6. The van der Waals surface area contributed by atoms with Crippen LogP contribution >= 0.6 is 0 Å². The first-order valence-electron chi connectivity index (χ1n) is 5.17. The molecule has 4 N–H and O–H groups in total. The molecule has 1 heterocycles. The number of furan rings is 1. The van der Waals surface area contributed by atoms with Gasteiger partial charge in [0.2, 0.25) is 5.88 Å². The van der Waals surface area contributed by atoms with Gasteiger partial charge in [0.05, 0.1) is 17.5 Å². The lowest BCUT2D eigenvalue weighted by Crippen LogP contribution is -2.22. The molecule has 0 saturated heterocycles. The summed E-state index contributed by atoms with van der Waals surface area (Å²) in [5.41, 5.74) is 5.78. The van der Waals surface area contributed by atoms with Crippen LogP contribution in [0.5, 0.6) is 0 Å². The zero-order chi connectivity index (χ0) is 13.0. The van der Waals surface area contributed by atoms with E-state index in [0.717, 1.165) is 0 Å². The molecule has 6 heteroatoms. The highest BCUT2D eigenvalue weighted by atomic mass is 16.3. The second-order valence-corrected chi connectivity index (χ2v) is 3.47. The molecule has 3 amide bonds. The average molecular weight is 245 g/mol. The summed E-state index contributed by atoms with van der Waals surface area (Å²) in [6, 6.07) is 9.20. The summed E-state index contributed by atoms with van der Waals surface area (Å²) in [5, 5.41) is 4.99. The van der Waals surface area contributed by atoms with E-state index in [1.165, 1.54) is 12.3 Å². The number of rotatable bonds is 3. The van der Waals surface area contributed by atoms with E-state index < -0.39 is 11.9 Å². The smallest absolute Gasteiger partial charge is 0.326 e. The summed E-state index contributed by atoms with van der Waals surface area (Å²) in [4.78, 5) is 22.8. The maximum atomic E-state index is 11.6. The molecule has 0 atom stereocenters. The van der Waals surface area contributed by atoms with E-state index in [2.05, 4.69) is 10.6 Å². The number of hydrogen-bond acceptors (Lipinski definition) is 3. The van der Waals surface area contributed by atoms with Crippen LogP contribution in [0.15, 0.2) is 47.1 Å². The minimum atomic E-state index is -0.608. The van der Waals surface area contributed by atoms with Gasteiger partial charge in [0.25, 0.3) is 5.91 Å². The van der Waals surface area contributed by atoms with E-state index in [4.69, 9.17) is 10.2 Å². The van der Waals surface area contributed by atoms with E-state index in [9.17, 15) is 9.59 Å². The SMILES string of the molecule is NC(=O)c1ccccc1NC(=O)Nc1ccco1. The van der Waals surface area contributed by atoms with Crippen molar-refractivity contribution in [3.63, 3.8) is 0 Å². The highest BCUT2D eigenvalue weighted by Crippen LogP contribution is 2.15. The molecule has 0 aliphatic carbocycles. The molecule has 92 valence electrons. The first-order chi connectivity index (χ1) is 8.66. The molecule has 2 rings (SSSR count). The minimum absolute atomic E-state index is 0.243. The third kappa shape index (κ3) is 2.67. The lowest BCUT2D eigenvalue weighted by molar-refractivity contribution is 0.100. The fraction of sp³-hybridized carbons (Fsp3) is 0. The highest BCUT2D eigenvalue weighted by molar-refractivity contribution is 6.05. The Morgan fingerprint density at radius 2 is 1.83 bits per heavy atom. The van der Waals surface area contributed by atoms with Gasteiger partial charge in [-0.1, -0.05) is 12.1 Å². The number of urea groups is 1. The van der Waals surface area contributed by atoms with Crippen molar-refractivity contribution < 1.29 is 14.0 Å². The number of nitrogens with one attached hydrogen (secondary N) is 2. The largest absolute Gasteiger partial charge is 0.449 e. The number of amides is 3. The van der Waals surface area contributed by atoms with Gasteiger partial charge in [-0.15, -0.1) is 0 Å². The molecule has 0 saturated carbocycles. The molecule has 0 spiro atoms. The Balaban J connectivity index is 2.09. The molecule has 1 aromatic heterocycles. The van der Waals surface area contributed by atoms with Crippen LogP contribution in [0.2, 0.25) is 0 Å². The first-order valence-corrected chi connectivity index (χ1v) is 5.17. The van der Waals surface area contributed by atoms with Crippen LogP contribution in [0, 0.1) is 0 Å². The van der Waals surface area contributed by atoms with E-state index in [1.54, 1.807) is 30.3 Å². The van der Waals surface area contributed by atoms with Crippen molar-refractivity contribution in [1.29, 1.82) is 0 Å². The highest BCUT2D eigenvalue weighted by Gasteiger charge is 2.10. The topological polar surface area (TPSA) is 97.4 Å². The van der Waals surface area contributed by atoms with Crippen LogP contribution in [0.1, 0.15) is 10.4 Å². The second kappa shape index (κ2) is 5.05. The van der Waals surface area contributed by atoms with Gasteiger partial charge in [0.15, 0.2) is 0 Å². The Bertz CT molecular complexity index is 564. The lowest BCUT2D eigenvalue weighted by Gasteiger charge is -2.08. The van der Waals surface area contributed by atoms with Gasteiger partial charge in [-0.3, -0.25) is 10.1 Å². The number of carbonyl (C=O) groups excluding carboxylic acids is 2. The molecule has 0 aliphatic rings. The summed E-state index contributed by atoms with van der Waals surface area (Å²) < 4.78 is 4.96. The van der Waals surface area contributed by atoms with E-state index >= 15 is 0 Å². The molecule has 0 bridgehead atoms. The van der Waals surface area contributed by atoms with Crippen LogP contribution in [0.4, 0.5) is 16.4 Å². The fourth-order valence-electron chi connectivity index (χ4n) is 1.42. The van der Waals surface area contributed by atoms with E-state index in [1.807, 2.05) is 0 Å². The standard InChI is InChI=1S/C12H11N3O3/c13-11(16)8-4-1-2-5-9(8)14-12(17)15-10-6-3-7-18-10/h1-7H,(H2,13,16)(H2,14,15,17). The molecule has 1 aromatic carbocycles. The van der Waals surface area contributed by atoms with Crippen molar-refractivity contribution in [2.45, 2.75) is 0 Å². The lowest BCUT2D eigenvalue weighted by atomic mass is 10.1. The molecule has 2 aromatic rings. The minimum Gasteiger partial charge on any atom is -0.449 e. The average Bonchev–Trinajstić information content (AvgIpc) is 2.82. The number of anilines is 2. The maximum Gasteiger partial charge on any atom is 0.326 e. The third-order valence-corrected chi connectivity index (χ3v) is 2.20. The van der Waals surface area contributed by atoms with Gasteiger partial charge < -0.3 is 15.5 Å². The van der Waals surface area contributed by atoms with Crippen LogP contribution in [0.3, 0.4) is 0 Å². The Hall–Kier alpha value is -2.76. The Labute approximate surface area is 103 Å². The summed E-state index contributed by atoms with van der Waals surface area (Å²) in [7, 11) is 0. The number of carbonyl (C=O) groups is 2. The first kappa shape index (κ1) is 11.7. The molecule has 0 aliphatic heterocycles. The number of benzene rings is 1. The van der Waals surface area contributed by atoms with Gasteiger partial charge in [0, 0.05) is 6.07 Å². The van der Waals surface area contributed by atoms with Gasteiger partial charge in [-0.05, 0) is 18.2 Å². The number of para-hydroxylation sites is 1. The van der Waals surface area contributed by atoms with E-state index in [-0.39, 0.29) is 5.56 Å². The van der Waals surface area contributed by atoms with Crippen LogP contribution < -0.4 is 16.4 Å². The van der Waals surface area contributed by atoms with Crippen molar-refractivity contribution in [2.24, 2.45) is 5.73 Å². The zero-order valence-electron chi connectivity index (χ0n) is 9.34. The molecular weight excluding hydrogens is 234 g/mol. The third-order valence-electron chi connectivity index (χ3n) is 2.20. The zero-order valence-corrected chi connectivity index (χ0v) is 9.34. The molecule has 0 unspecified atom stereocenters. The molecule has 6 nitrogen and oxygen atoms in total. The summed E-state index contributed by atoms with van der Waals surface area (Å²) >= 11 is 0. The van der Waals surface area contributed by atoms with E-state index in [0.29, 0.717) is 11.6 Å². The monoisotopic (exact) mass is 245 g/mol. The van der Waals surface area contributed by atoms with Crippen LogP contribution in [0.25, 0.3) is 0 Å². The Morgan fingerprint density at radius 1 is 1.06 bits per heavy atom. The van der Waals surface area contributed by atoms with Crippen LogP contribution in [-0.2, 0) is 0 Å². The molecule has 0 fully saturated rings. The summed E-state index contributed by atoms with van der Waals surface area (Å²) in [5.74, 6) is -0.298. The second-order valence-electron chi connectivity index (χ2n) is 3.47. The molecule has 0 radical (unpaired) electrons. The predicted octanol–water partition coefficient (Wildman–Crippen LogP) is 2.02. The molecular formula is C12H11N3O3. The number of nitrogens with two attached hydrogens (primary N) is 1. The number of hydrogen-bond donors (Lipinski definition) is 3. The summed E-state index contributed by atoms with van der Waals surface area (Å²) in [6.45, 7) is 0. The van der Waals surface area contributed by atoms with Gasteiger partial charge in [-0.2, -0.15) is 0 Å². The van der Waals surface area contributed by atoms with Crippen molar-refractivity contribution >= 4 is 23.5 Å². The molecule has 18 heavy (non-hydrogen) atoms. The van der Waals surface area contributed by atoms with Crippen molar-refractivity contribution in [3.8, 4) is 0 Å². The van der Waals surface area contributed by atoms with Gasteiger partial charge in [-0.25, -0.2) is 4.79 Å². The Morgan fingerprint density at radius 3 is 2.50 bits per heavy atom. The fourth-order valence-corrected chi connectivity index (χ4v) is 1.42. The quantitative estimate of drug-likeness (QED) is 0.771. The van der Waals surface area contributed by atoms with Crippen LogP contribution in [-0.4, -0.2) is 11.9 Å². The summed E-state index contributed by atoms with van der Waals surface area (Å²) in [6.07, 6.45) is 1.44. The normalized spacial score (nSPS) is 9.78. The van der Waals surface area contributed by atoms with Gasteiger partial charge >= 0.3 is 6.03 Å². The van der Waals surface area contributed by atoms with Crippen molar-refractivity contribution in [3.05, 3.63) is 48.2 Å². The predicted molar refractivity (Wildman–Crippen MR) is 66.3 cm³/mol. The van der Waals surface area contributed by atoms with Gasteiger partial charge in [0.1, 0.15) is 0 Å². The van der Waals surface area contributed by atoms with Crippen molar-refractivity contribution in [2.75, 3.05) is 10.6 Å². The number of primary amides is 1. The Kier molecular flexibility index (Phi) is 3.29.